The number of carbonyl (C=O) groups is 2. The van der Waals surface area contributed by atoms with E-state index >= 15 is 0 Å². The summed E-state index contributed by atoms with van der Waals surface area (Å²) in [5.41, 5.74) is 1.42. The Kier molecular flexibility index (Phi) is 7.47. The van der Waals surface area contributed by atoms with E-state index in [1.807, 2.05) is 12.1 Å². The molecule has 2 aromatic carbocycles. The number of rotatable bonds is 8. The quantitative estimate of drug-likeness (QED) is 0.688. The lowest BCUT2D eigenvalue weighted by atomic mass is 10.2. The van der Waals surface area contributed by atoms with Crippen molar-refractivity contribution in [2.75, 3.05) is 20.8 Å². The van der Waals surface area contributed by atoms with E-state index in [1.165, 1.54) is 0 Å². The Labute approximate surface area is 161 Å². The van der Waals surface area contributed by atoms with E-state index in [9.17, 15) is 9.59 Å². The molecule has 0 aromatic heterocycles. The SMILES string of the molecule is COc1cc(CNC(=O)CCNC(=O)c2ccc(Br)cc2)cc(OC)c1. The molecule has 0 aliphatic heterocycles. The Morgan fingerprint density at radius 1 is 0.962 bits per heavy atom. The third kappa shape index (κ3) is 6.07. The third-order valence-electron chi connectivity index (χ3n) is 3.64. The van der Waals surface area contributed by atoms with Crippen LogP contribution >= 0.6 is 15.9 Å². The van der Waals surface area contributed by atoms with E-state index in [0.717, 1.165) is 10.0 Å². The fraction of sp³-hybridized carbons (Fsp3) is 0.263. The van der Waals surface area contributed by atoms with Crippen molar-refractivity contribution in [2.24, 2.45) is 0 Å². The summed E-state index contributed by atoms with van der Waals surface area (Å²) in [5.74, 6) is 0.969. The van der Waals surface area contributed by atoms with Gasteiger partial charge >= 0.3 is 0 Å². The van der Waals surface area contributed by atoms with Crippen molar-refractivity contribution < 1.29 is 19.1 Å². The first-order valence-electron chi connectivity index (χ1n) is 8.04. The number of nitrogens with one attached hydrogen (secondary N) is 2. The fourth-order valence-corrected chi connectivity index (χ4v) is 2.51. The molecule has 0 spiro atoms. The van der Waals surface area contributed by atoms with E-state index in [4.69, 9.17) is 9.47 Å². The molecule has 7 heteroatoms. The van der Waals surface area contributed by atoms with Crippen LogP contribution in [0.4, 0.5) is 0 Å². The van der Waals surface area contributed by atoms with Crippen molar-refractivity contribution in [3.63, 3.8) is 0 Å². The van der Waals surface area contributed by atoms with Crippen molar-refractivity contribution in [1.29, 1.82) is 0 Å². The summed E-state index contributed by atoms with van der Waals surface area (Å²) < 4.78 is 11.3. The lowest BCUT2D eigenvalue weighted by Crippen LogP contribution is -2.30. The van der Waals surface area contributed by atoms with E-state index in [-0.39, 0.29) is 24.8 Å². The average Bonchev–Trinajstić information content (AvgIpc) is 2.66. The predicted octanol–water partition coefficient (Wildman–Crippen LogP) is 2.90. The summed E-state index contributed by atoms with van der Waals surface area (Å²) in [4.78, 5) is 23.9. The average molecular weight is 421 g/mol. The van der Waals surface area contributed by atoms with Gasteiger partial charge in [-0.05, 0) is 42.0 Å². The standard InChI is InChI=1S/C19H21BrN2O4/c1-25-16-9-13(10-17(11-16)26-2)12-22-18(23)7-8-21-19(24)14-3-5-15(20)6-4-14/h3-6,9-11H,7-8,12H2,1-2H3,(H,21,24)(H,22,23). The maximum absolute atomic E-state index is 12.0. The zero-order valence-corrected chi connectivity index (χ0v) is 16.3. The van der Waals surface area contributed by atoms with Crippen LogP contribution in [0.3, 0.4) is 0 Å². The highest BCUT2D eigenvalue weighted by Crippen LogP contribution is 2.22. The molecule has 6 nitrogen and oxygen atoms in total. The molecule has 0 atom stereocenters. The molecule has 2 aromatic rings. The monoisotopic (exact) mass is 420 g/mol. The highest BCUT2D eigenvalue weighted by Gasteiger charge is 2.07. The number of benzene rings is 2. The summed E-state index contributed by atoms with van der Waals surface area (Å²) in [6.45, 7) is 0.620. The Morgan fingerprint density at radius 2 is 1.58 bits per heavy atom. The largest absolute Gasteiger partial charge is 0.497 e. The summed E-state index contributed by atoms with van der Waals surface area (Å²) in [6, 6.07) is 12.5. The van der Waals surface area contributed by atoms with Gasteiger partial charge in [0.05, 0.1) is 14.2 Å². The number of ether oxygens (including phenoxy) is 2. The van der Waals surface area contributed by atoms with Crippen molar-refractivity contribution in [1.82, 2.24) is 10.6 Å². The van der Waals surface area contributed by atoms with Gasteiger partial charge in [0.15, 0.2) is 0 Å². The van der Waals surface area contributed by atoms with Gasteiger partial charge in [0.2, 0.25) is 5.91 Å². The van der Waals surface area contributed by atoms with Crippen LogP contribution in [0, 0.1) is 0 Å². The minimum atomic E-state index is -0.206. The molecule has 138 valence electrons. The summed E-state index contributed by atoms with van der Waals surface area (Å²) >= 11 is 3.32. The van der Waals surface area contributed by atoms with Gasteiger partial charge < -0.3 is 20.1 Å². The topological polar surface area (TPSA) is 76.7 Å². The fourth-order valence-electron chi connectivity index (χ4n) is 2.25. The molecule has 26 heavy (non-hydrogen) atoms. The predicted molar refractivity (Wildman–Crippen MR) is 102 cm³/mol. The Balaban J connectivity index is 1.77. The minimum Gasteiger partial charge on any atom is -0.497 e. The maximum Gasteiger partial charge on any atom is 0.251 e. The van der Waals surface area contributed by atoms with Crippen LogP contribution in [-0.2, 0) is 11.3 Å². The molecule has 0 unspecified atom stereocenters. The van der Waals surface area contributed by atoms with Crippen LogP contribution < -0.4 is 20.1 Å². The number of hydrogen-bond acceptors (Lipinski definition) is 4. The molecular formula is C19H21BrN2O4. The van der Waals surface area contributed by atoms with Crippen molar-refractivity contribution in [3.8, 4) is 11.5 Å². The Bertz CT molecular complexity index is 740. The molecule has 0 radical (unpaired) electrons. The summed E-state index contributed by atoms with van der Waals surface area (Å²) in [6.07, 6.45) is 0.198. The zero-order chi connectivity index (χ0) is 18.9. The second-order valence-corrected chi connectivity index (χ2v) is 6.43. The highest BCUT2D eigenvalue weighted by atomic mass is 79.9. The van der Waals surface area contributed by atoms with Crippen LogP contribution in [0.2, 0.25) is 0 Å². The van der Waals surface area contributed by atoms with Crippen molar-refractivity contribution in [2.45, 2.75) is 13.0 Å². The van der Waals surface area contributed by atoms with Gasteiger partial charge in [-0.25, -0.2) is 0 Å². The third-order valence-corrected chi connectivity index (χ3v) is 4.17. The van der Waals surface area contributed by atoms with Gasteiger partial charge in [0, 0.05) is 35.6 Å². The van der Waals surface area contributed by atoms with Crippen molar-refractivity contribution in [3.05, 3.63) is 58.1 Å². The molecule has 2 amide bonds. The van der Waals surface area contributed by atoms with Gasteiger partial charge in [-0.3, -0.25) is 9.59 Å². The first-order valence-corrected chi connectivity index (χ1v) is 8.83. The van der Waals surface area contributed by atoms with Gasteiger partial charge in [0.25, 0.3) is 5.91 Å². The number of hydrogen-bond donors (Lipinski definition) is 2. The smallest absolute Gasteiger partial charge is 0.251 e. The Morgan fingerprint density at radius 3 is 2.15 bits per heavy atom. The van der Waals surface area contributed by atoms with Crippen LogP contribution in [0.5, 0.6) is 11.5 Å². The lowest BCUT2D eigenvalue weighted by Gasteiger charge is -2.10. The molecular weight excluding hydrogens is 400 g/mol. The lowest BCUT2D eigenvalue weighted by molar-refractivity contribution is -0.121. The van der Waals surface area contributed by atoms with E-state index in [0.29, 0.717) is 23.6 Å². The normalized spacial score (nSPS) is 10.1. The first-order chi connectivity index (χ1) is 12.5. The van der Waals surface area contributed by atoms with Crippen LogP contribution in [0.1, 0.15) is 22.3 Å². The van der Waals surface area contributed by atoms with Gasteiger partial charge in [-0.15, -0.1) is 0 Å². The van der Waals surface area contributed by atoms with Crippen LogP contribution in [-0.4, -0.2) is 32.6 Å². The first kappa shape index (κ1) is 19.8. The van der Waals surface area contributed by atoms with Crippen molar-refractivity contribution >= 4 is 27.7 Å². The molecule has 2 rings (SSSR count). The van der Waals surface area contributed by atoms with E-state index < -0.39 is 0 Å². The second-order valence-electron chi connectivity index (χ2n) is 5.51. The molecule has 0 heterocycles. The van der Waals surface area contributed by atoms with Gasteiger partial charge in [0.1, 0.15) is 11.5 Å². The summed E-state index contributed by atoms with van der Waals surface area (Å²) in [5, 5.41) is 5.54. The number of amides is 2. The molecule has 0 saturated heterocycles. The van der Waals surface area contributed by atoms with Gasteiger partial charge in [-0.1, -0.05) is 15.9 Å². The molecule has 0 aliphatic rings. The van der Waals surface area contributed by atoms with E-state index in [2.05, 4.69) is 26.6 Å². The molecule has 0 bridgehead atoms. The zero-order valence-electron chi connectivity index (χ0n) is 14.7. The molecule has 0 fully saturated rings. The molecule has 2 N–H and O–H groups in total. The second kappa shape index (κ2) is 9.82. The van der Waals surface area contributed by atoms with Crippen LogP contribution in [0.25, 0.3) is 0 Å². The Hall–Kier alpha value is -2.54. The highest BCUT2D eigenvalue weighted by molar-refractivity contribution is 9.10. The number of methoxy groups -OCH3 is 2. The van der Waals surface area contributed by atoms with E-state index in [1.54, 1.807) is 44.6 Å². The minimum absolute atomic E-state index is 0.150. The molecule has 0 saturated carbocycles. The number of halogens is 1. The van der Waals surface area contributed by atoms with Crippen LogP contribution in [0.15, 0.2) is 46.9 Å². The number of carbonyl (C=O) groups excluding carboxylic acids is 2. The van der Waals surface area contributed by atoms with Gasteiger partial charge in [-0.2, -0.15) is 0 Å². The summed E-state index contributed by atoms with van der Waals surface area (Å²) in [7, 11) is 3.15. The maximum atomic E-state index is 12.0. The molecule has 0 aliphatic carbocycles.